The molecule has 1 aromatic rings. The highest BCUT2D eigenvalue weighted by Gasteiger charge is 2.26. The van der Waals surface area contributed by atoms with Gasteiger partial charge >= 0.3 is 0 Å². The van der Waals surface area contributed by atoms with Crippen molar-refractivity contribution in [2.45, 2.75) is 45.8 Å². The van der Waals surface area contributed by atoms with E-state index in [0.29, 0.717) is 23.1 Å². The van der Waals surface area contributed by atoms with Gasteiger partial charge in [0, 0.05) is 11.6 Å². The van der Waals surface area contributed by atoms with Crippen molar-refractivity contribution >= 4 is 11.6 Å². The van der Waals surface area contributed by atoms with Crippen LogP contribution in [0.2, 0.25) is 0 Å². The summed E-state index contributed by atoms with van der Waals surface area (Å²) in [5, 5.41) is 15.0. The van der Waals surface area contributed by atoms with Gasteiger partial charge in [-0.15, -0.1) is 0 Å². The number of oxime groups is 1. The van der Waals surface area contributed by atoms with E-state index in [1.807, 2.05) is 25.1 Å². The fourth-order valence-corrected chi connectivity index (χ4v) is 1.87. The van der Waals surface area contributed by atoms with Crippen LogP contribution in [0.1, 0.15) is 37.8 Å². The van der Waals surface area contributed by atoms with E-state index in [2.05, 4.69) is 10.5 Å². The van der Waals surface area contributed by atoms with E-state index in [9.17, 15) is 4.79 Å². The topological polar surface area (TPSA) is 70.9 Å². The summed E-state index contributed by atoms with van der Waals surface area (Å²) in [7, 11) is 0. The normalized spacial score (nSPS) is 16.6. The SMILES string of the molecule is CC(=NO)c1ccc(C)cc1OC(C)C(=O)NC1CC1. The van der Waals surface area contributed by atoms with Crippen LogP contribution < -0.4 is 10.1 Å². The zero-order chi connectivity index (χ0) is 14.7. The van der Waals surface area contributed by atoms with Crippen LogP contribution in [-0.2, 0) is 4.79 Å². The molecule has 1 amide bonds. The Balaban J connectivity index is 2.14. The van der Waals surface area contributed by atoms with Crippen LogP contribution >= 0.6 is 0 Å². The number of ether oxygens (including phenoxy) is 1. The molecule has 1 atom stereocenters. The van der Waals surface area contributed by atoms with Crippen LogP contribution in [0.4, 0.5) is 0 Å². The van der Waals surface area contributed by atoms with Crippen molar-refractivity contribution in [3.63, 3.8) is 0 Å². The lowest BCUT2D eigenvalue weighted by molar-refractivity contribution is -0.127. The lowest BCUT2D eigenvalue weighted by Crippen LogP contribution is -2.37. The highest BCUT2D eigenvalue weighted by Crippen LogP contribution is 2.23. The summed E-state index contributed by atoms with van der Waals surface area (Å²) < 4.78 is 5.74. The van der Waals surface area contributed by atoms with Crippen LogP contribution in [-0.4, -0.2) is 29.0 Å². The molecule has 0 heterocycles. The molecule has 0 bridgehead atoms. The molecule has 2 rings (SSSR count). The molecule has 108 valence electrons. The van der Waals surface area contributed by atoms with Gasteiger partial charge in [0.15, 0.2) is 6.10 Å². The number of nitrogens with one attached hydrogen (secondary N) is 1. The molecule has 0 aliphatic heterocycles. The van der Waals surface area contributed by atoms with Crippen LogP contribution in [0.15, 0.2) is 23.4 Å². The summed E-state index contributed by atoms with van der Waals surface area (Å²) in [5.74, 6) is 0.442. The summed E-state index contributed by atoms with van der Waals surface area (Å²) in [4.78, 5) is 11.9. The number of rotatable bonds is 5. The fraction of sp³-hybridized carbons (Fsp3) is 0.467. The molecule has 0 radical (unpaired) electrons. The van der Waals surface area contributed by atoms with Gasteiger partial charge in [-0.05, 0) is 51.3 Å². The Kier molecular flexibility index (Phi) is 4.27. The number of carbonyl (C=O) groups excluding carboxylic acids is 1. The van der Waals surface area contributed by atoms with Gasteiger partial charge < -0.3 is 15.3 Å². The van der Waals surface area contributed by atoms with Crippen molar-refractivity contribution < 1.29 is 14.7 Å². The highest BCUT2D eigenvalue weighted by atomic mass is 16.5. The number of hydrogen-bond donors (Lipinski definition) is 2. The summed E-state index contributed by atoms with van der Waals surface area (Å²) in [6, 6.07) is 5.88. The average Bonchev–Trinajstić information content (AvgIpc) is 3.22. The van der Waals surface area contributed by atoms with Crippen molar-refractivity contribution in [3.05, 3.63) is 29.3 Å². The Morgan fingerprint density at radius 1 is 1.50 bits per heavy atom. The first-order valence-electron chi connectivity index (χ1n) is 6.78. The lowest BCUT2D eigenvalue weighted by Gasteiger charge is -2.17. The molecule has 1 fully saturated rings. The Morgan fingerprint density at radius 3 is 2.80 bits per heavy atom. The number of hydrogen-bond acceptors (Lipinski definition) is 4. The van der Waals surface area contributed by atoms with E-state index in [4.69, 9.17) is 9.94 Å². The third kappa shape index (κ3) is 3.50. The van der Waals surface area contributed by atoms with E-state index in [1.165, 1.54) is 0 Å². The second-order valence-corrected chi connectivity index (χ2v) is 5.23. The molecular weight excluding hydrogens is 256 g/mol. The third-order valence-corrected chi connectivity index (χ3v) is 3.27. The maximum absolute atomic E-state index is 11.9. The van der Waals surface area contributed by atoms with E-state index >= 15 is 0 Å². The maximum atomic E-state index is 11.9. The van der Waals surface area contributed by atoms with Crippen molar-refractivity contribution in [1.29, 1.82) is 0 Å². The Labute approximate surface area is 118 Å². The predicted molar refractivity (Wildman–Crippen MR) is 76.4 cm³/mol. The van der Waals surface area contributed by atoms with Gasteiger partial charge in [-0.1, -0.05) is 11.2 Å². The first kappa shape index (κ1) is 14.4. The Bertz CT molecular complexity index is 536. The van der Waals surface area contributed by atoms with Gasteiger partial charge in [-0.3, -0.25) is 4.79 Å². The summed E-state index contributed by atoms with van der Waals surface area (Å²) in [6.45, 7) is 5.35. The minimum Gasteiger partial charge on any atom is -0.480 e. The maximum Gasteiger partial charge on any atom is 0.260 e. The van der Waals surface area contributed by atoms with Gasteiger partial charge in [0.2, 0.25) is 0 Å². The van der Waals surface area contributed by atoms with Crippen LogP contribution in [0.25, 0.3) is 0 Å². The first-order chi connectivity index (χ1) is 9.51. The van der Waals surface area contributed by atoms with Gasteiger partial charge in [-0.2, -0.15) is 0 Å². The summed E-state index contributed by atoms with van der Waals surface area (Å²) >= 11 is 0. The Hall–Kier alpha value is -2.04. The van der Waals surface area contributed by atoms with Crippen molar-refractivity contribution in [2.75, 3.05) is 0 Å². The molecule has 5 nitrogen and oxygen atoms in total. The minimum atomic E-state index is -0.581. The molecule has 2 N–H and O–H groups in total. The van der Waals surface area contributed by atoms with E-state index in [-0.39, 0.29) is 5.91 Å². The molecule has 0 spiro atoms. The molecular formula is C15H20N2O3. The zero-order valence-electron chi connectivity index (χ0n) is 12.0. The molecule has 0 aromatic heterocycles. The second kappa shape index (κ2) is 5.94. The van der Waals surface area contributed by atoms with Gasteiger partial charge in [0.25, 0.3) is 5.91 Å². The zero-order valence-corrected chi connectivity index (χ0v) is 12.0. The number of carbonyl (C=O) groups is 1. The quantitative estimate of drug-likeness (QED) is 0.492. The summed E-state index contributed by atoms with van der Waals surface area (Å²) in [5.41, 5.74) is 2.16. The molecule has 5 heteroatoms. The van der Waals surface area contributed by atoms with Crippen molar-refractivity contribution in [1.82, 2.24) is 5.32 Å². The standard InChI is InChI=1S/C15H20N2O3/c1-9-4-7-13(10(2)17-19)14(8-9)20-11(3)15(18)16-12-5-6-12/h4,7-8,11-12,19H,5-6H2,1-3H3,(H,16,18). The lowest BCUT2D eigenvalue weighted by atomic mass is 10.1. The van der Waals surface area contributed by atoms with E-state index in [0.717, 1.165) is 18.4 Å². The van der Waals surface area contributed by atoms with Crippen LogP contribution in [0.5, 0.6) is 5.75 Å². The number of benzene rings is 1. The van der Waals surface area contributed by atoms with Gasteiger partial charge in [0.1, 0.15) is 5.75 Å². The van der Waals surface area contributed by atoms with Crippen LogP contribution in [0, 0.1) is 6.92 Å². The first-order valence-corrected chi connectivity index (χ1v) is 6.78. The molecule has 1 aliphatic rings. The predicted octanol–water partition coefficient (Wildman–Crippen LogP) is 2.24. The minimum absolute atomic E-state index is 0.112. The van der Waals surface area contributed by atoms with Gasteiger partial charge in [0.05, 0.1) is 5.71 Å². The molecule has 0 saturated heterocycles. The number of aryl methyl sites for hydroxylation is 1. The molecule has 1 unspecified atom stereocenters. The van der Waals surface area contributed by atoms with Crippen molar-refractivity contribution in [3.8, 4) is 5.75 Å². The van der Waals surface area contributed by atoms with E-state index < -0.39 is 6.10 Å². The summed E-state index contributed by atoms with van der Waals surface area (Å²) in [6.07, 6.45) is 1.51. The van der Waals surface area contributed by atoms with Gasteiger partial charge in [-0.25, -0.2) is 0 Å². The number of nitrogens with zero attached hydrogens (tertiary/aromatic N) is 1. The third-order valence-electron chi connectivity index (χ3n) is 3.27. The van der Waals surface area contributed by atoms with Crippen molar-refractivity contribution in [2.24, 2.45) is 5.16 Å². The van der Waals surface area contributed by atoms with Crippen LogP contribution in [0.3, 0.4) is 0 Å². The fourth-order valence-electron chi connectivity index (χ4n) is 1.87. The number of amides is 1. The molecule has 1 aliphatic carbocycles. The average molecular weight is 276 g/mol. The molecule has 20 heavy (non-hydrogen) atoms. The Morgan fingerprint density at radius 2 is 2.20 bits per heavy atom. The highest BCUT2D eigenvalue weighted by molar-refractivity contribution is 6.00. The molecule has 1 saturated carbocycles. The molecule has 1 aromatic carbocycles. The smallest absolute Gasteiger partial charge is 0.260 e. The van der Waals surface area contributed by atoms with E-state index in [1.54, 1.807) is 13.8 Å². The second-order valence-electron chi connectivity index (χ2n) is 5.23. The monoisotopic (exact) mass is 276 g/mol. The largest absolute Gasteiger partial charge is 0.480 e.